The zero-order valence-corrected chi connectivity index (χ0v) is 14.7. The predicted molar refractivity (Wildman–Crippen MR) is 96.4 cm³/mol. The lowest BCUT2D eigenvalue weighted by Crippen LogP contribution is -2.20. The summed E-state index contributed by atoms with van der Waals surface area (Å²) in [6.07, 6.45) is 0. The van der Waals surface area contributed by atoms with E-state index < -0.39 is 5.76 Å². The Kier molecular flexibility index (Phi) is 5.24. The number of carbonyl (C=O) groups is 1. The topological polar surface area (TPSA) is 46.9 Å². The molecule has 0 radical (unpaired) electrons. The van der Waals surface area contributed by atoms with Crippen molar-refractivity contribution in [2.75, 3.05) is 5.32 Å². The van der Waals surface area contributed by atoms with Crippen molar-refractivity contribution in [2.45, 2.75) is 24.4 Å². The van der Waals surface area contributed by atoms with Crippen LogP contribution in [0.25, 0.3) is 11.0 Å². The van der Waals surface area contributed by atoms with Crippen molar-refractivity contribution in [3.63, 3.8) is 0 Å². The average molecular weight is 382 g/mol. The lowest BCUT2D eigenvalue weighted by atomic mass is 10.2. The fraction of sp³-hybridized carbons (Fsp3) is 0.176. The van der Waals surface area contributed by atoms with Crippen molar-refractivity contribution in [3.05, 3.63) is 53.1 Å². The molecule has 0 spiro atoms. The zero-order chi connectivity index (χ0) is 18.0. The molecular weight excluding hydrogens is 368 g/mol. The van der Waals surface area contributed by atoms with Crippen LogP contribution in [-0.2, 0) is 11.3 Å². The van der Waals surface area contributed by atoms with Crippen LogP contribution in [-0.4, -0.2) is 21.2 Å². The van der Waals surface area contributed by atoms with Gasteiger partial charge >= 0.3 is 0 Å². The molecule has 1 N–H and O–H groups in total. The number of hydrogen-bond donors (Lipinski definition) is 1. The number of carbonyl (C=O) groups excluding carboxylic acids is 1. The summed E-state index contributed by atoms with van der Waals surface area (Å²) in [6.45, 7) is 1.67. The molecular formula is C17H14ClF2N3OS. The summed E-state index contributed by atoms with van der Waals surface area (Å²) >= 11 is 6.37. The summed E-state index contributed by atoms with van der Waals surface area (Å²) in [5, 5.41) is 3.41. The molecule has 0 saturated heterocycles. The van der Waals surface area contributed by atoms with Gasteiger partial charge in [-0.15, -0.1) is 0 Å². The lowest BCUT2D eigenvalue weighted by molar-refractivity contribution is -0.116. The number of thioether (sulfide) groups is 1. The number of halogens is 3. The molecule has 2 aromatic carbocycles. The molecule has 0 fully saturated rings. The maximum Gasteiger partial charge on any atom is 0.291 e. The van der Waals surface area contributed by atoms with Crippen molar-refractivity contribution in [1.82, 2.24) is 9.55 Å². The Morgan fingerprint density at radius 1 is 1.28 bits per heavy atom. The largest absolute Gasteiger partial charge is 0.324 e. The van der Waals surface area contributed by atoms with E-state index in [4.69, 9.17) is 11.6 Å². The Bertz CT molecular complexity index is 929. The highest BCUT2D eigenvalue weighted by Gasteiger charge is 2.18. The number of rotatable bonds is 5. The van der Waals surface area contributed by atoms with Gasteiger partial charge in [0.1, 0.15) is 6.54 Å². The summed E-state index contributed by atoms with van der Waals surface area (Å²) in [5.41, 5.74) is 2.53. The number of nitrogens with one attached hydrogen (secondary N) is 1. The van der Waals surface area contributed by atoms with Crippen LogP contribution in [0.3, 0.4) is 0 Å². The lowest BCUT2D eigenvalue weighted by Gasteiger charge is -2.12. The van der Waals surface area contributed by atoms with E-state index in [1.54, 1.807) is 49.4 Å². The summed E-state index contributed by atoms with van der Waals surface area (Å²) in [7, 11) is 0. The van der Waals surface area contributed by atoms with Gasteiger partial charge in [-0.3, -0.25) is 4.79 Å². The molecule has 0 atom stereocenters. The SMILES string of the molecule is Cc1c(Cl)cccc1NC(=O)Cn1c(SC(F)F)nc2ccccc21. The number of para-hydroxylation sites is 2. The van der Waals surface area contributed by atoms with E-state index in [-0.39, 0.29) is 17.6 Å². The van der Waals surface area contributed by atoms with Crippen molar-refractivity contribution in [2.24, 2.45) is 0 Å². The van der Waals surface area contributed by atoms with Gasteiger partial charge in [0.25, 0.3) is 5.76 Å². The van der Waals surface area contributed by atoms with Crippen LogP contribution >= 0.6 is 23.4 Å². The molecule has 1 aromatic heterocycles. The summed E-state index contributed by atoms with van der Waals surface area (Å²) in [6, 6.07) is 12.2. The van der Waals surface area contributed by atoms with E-state index in [2.05, 4.69) is 10.3 Å². The number of aromatic nitrogens is 2. The Hall–Kier alpha value is -2.12. The number of nitrogens with zero attached hydrogens (tertiary/aromatic N) is 2. The van der Waals surface area contributed by atoms with Crippen LogP contribution < -0.4 is 5.32 Å². The summed E-state index contributed by atoms with van der Waals surface area (Å²) < 4.78 is 27.1. The number of imidazole rings is 1. The van der Waals surface area contributed by atoms with Crippen LogP contribution in [0.2, 0.25) is 5.02 Å². The molecule has 0 bridgehead atoms. The minimum absolute atomic E-state index is 0.106. The maximum absolute atomic E-state index is 12.8. The van der Waals surface area contributed by atoms with E-state index in [1.807, 2.05) is 0 Å². The highest BCUT2D eigenvalue weighted by Crippen LogP contribution is 2.29. The second-order valence-electron chi connectivity index (χ2n) is 5.31. The number of fused-ring (bicyclic) bond motifs is 1. The predicted octanol–water partition coefficient (Wildman–Crippen LogP) is 4.95. The van der Waals surface area contributed by atoms with Crippen molar-refractivity contribution < 1.29 is 13.6 Å². The van der Waals surface area contributed by atoms with Gasteiger partial charge in [-0.25, -0.2) is 4.98 Å². The van der Waals surface area contributed by atoms with E-state index in [9.17, 15) is 13.6 Å². The quantitative estimate of drug-likeness (QED) is 0.636. The molecule has 4 nitrogen and oxygen atoms in total. The van der Waals surface area contributed by atoms with Crippen LogP contribution in [0.1, 0.15) is 5.56 Å². The minimum atomic E-state index is -2.62. The third kappa shape index (κ3) is 3.93. The van der Waals surface area contributed by atoms with Crippen molar-refractivity contribution >= 4 is 46.0 Å². The van der Waals surface area contributed by atoms with Gasteiger partial charge in [0.15, 0.2) is 5.16 Å². The first-order valence-electron chi connectivity index (χ1n) is 7.40. The first-order valence-corrected chi connectivity index (χ1v) is 8.66. The maximum atomic E-state index is 12.8. The second kappa shape index (κ2) is 7.41. The van der Waals surface area contributed by atoms with E-state index in [0.29, 0.717) is 33.5 Å². The first kappa shape index (κ1) is 17.7. The molecule has 3 aromatic rings. The first-order chi connectivity index (χ1) is 12.0. The molecule has 8 heteroatoms. The Morgan fingerprint density at radius 3 is 2.80 bits per heavy atom. The average Bonchev–Trinajstić information content (AvgIpc) is 2.89. The second-order valence-corrected chi connectivity index (χ2v) is 6.67. The highest BCUT2D eigenvalue weighted by molar-refractivity contribution is 7.99. The summed E-state index contributed by atoms with van der Waals surface area (Å²) in [4.78, 5) is 16.6. The number of alkyl halides is 2. The van der Waals surface area contributed by atoms with E-state index in [1.165, 1.54) is 4.57 Å². The van der Waals surface area contributed by atoms with Crippen LogP contribution in [0.15, 0.2) is 47.6 Å². The Labute approximate surface area is 152 Å². The van der Waals surface area contributed by atoms with E-state index >= 15 is 0 Å². The molecule has 0 aliphatic carbocycles. The highest BCUT2D eigenvalue weighted by atomic mass is 35.5. The molecule has 25 heavy (non-hydrogen) atoms. The number of amides is 1. The van der Waals surface area contributed by atoms with Gasteiger partial charge in [-0.05, 0) is 48.5 Å². The third-order valence-corrected chi connectivity index (χ3v) is 4.77. The fourth-order valence-corrected chi connectivity index (χ4v) is 3.23. The summed E-state index contributed by atoms with van der Waals surface area (Å²) in [5.74, 6) is -2.96. The van der Waals surface area contributed by atoms with Gasteiger partial charge in [0.2, 0.25) is 5.91 Å². The monoisotopic (exact) mass is 381 g/mol. The van der Waals surface area contributed by atoms with Crippen LogP contribution in [0.5, 0.6) is 0 Å². The molecule has 0 aliphatic rings. The van der Waals surface area contributed by atoms with Gasteiger partial charge < -0.3 is 9.88 Å². The molecule has 130 valence electrons. The molecule has 0 unspecified atom stereocenters. The van der Waals surface area contributed by atoms with E-state index in [0.717, 1.165) is 5.56 Å². The molecule has 0 aliphatic heterocycles. The van der Waals surface area contributed by atoms with Crippen molar-refractivity contribution in [3.8, 4) is 0 Å². The van der Waals surface area contributed by atoms with Gasteiger partial charge in [0.05, 0.1) is 11.0 Å². The molecule has 1 amide bonds. The third-order valence-electron chi connectivity index (χ3n) is 3.66. The van der Waals surface area contributed by atoms with Gasteiger partial charge in [0, 0.05) is 10.7 Å². The normalized spacial score (nSPS) is 11.2. The zero-order valence-electron chi connectivity index (χ0n) is 13.2. The van der Waals surface area contributed by atoms with Gasteiger partial charge in [-0.1, -0.05) is 29.8 Å². The smallest absolute Gasteiger partial charge is 0.291 e. The fourth-order valence-electron chi connectivity index (χ4n) is 2.45. The Morgan fingerprint density at radius 2 is 2.04 bits per heavy atom. The standard InChI is InChI=1S/C17H14ClF2N3OS/c1-10-11(18)5-4-7-12(10)21-15(24)9-23-14-8-3-2-6-13(14)22-17(23)25-16(19)20/h2-8,16H,9H2,1H3,(H,21,24). The van der Waals surface area contributed by atoms with Crippen molar-refractivity contribution in [1.29, 1.82) is 0 Å². The number of hydrogen-bond acceptors (Lipinski definition) is 3. The van der Waals surface area contributed by atoms with Gasteiger partial charge in [-0.2, -0.15) is 8.78 Å². The minimum Gasteiger partial charge on any atom is -0.324 e. The number of benzene rings is 2. The molecule has 3 rings (SSSR count). The van der Waals surface area contributed by atoms with Crippen LogP contribution in [0.4, 0.5) is 14.5 Å². The number of anilines is 1. The van der Waals surface area contributed by atoms with Crippen LogP contribution in [0, 0.1) is 6.92 Å². The Balaban J connectivity index is 1.88. The molecule has 1 heterocycles. The molecule has 0 saturated carbocycles.